The van der Waals surface area contributed by atoms with Gasteiger partial charge in [0.15, 0.2) is 0 Å². The van der Waals surface area contributed by atoms with E-state index in [4.69, 9.17) is 21.3 Å². The van der Waals surface area contributed by atoms with Gasteiger partial charge in [0.1, 0.15) is 5.75 Å². The highest BCUT2D eigenvalue weighted by atomic mass is 35.5. The zero-order valence-electron chi connectivity index (χ0n) is 19.6. The van der Waals surface area contributed by atoms with E-state index < -0.39 is 0 Å². The lowest BCUT2D eigenvalue weighted by Gasteiger charge is -2.28. The molecule has 0 unspecified atom stereocenters. The summed E-state index contributed by atoms with van der Waals surface area (Å²) in [7, 11) is 1.61. The fourth-order valence-corrected chi connectivity index (χ4v) is 5.67. The Hall–Kier alpha value is -1.93. The third kappa shape index (κ3) is 7.03. The molecule has 7 nitrogen and oxygen atoms in total. The van der Waals surface area contributed by atoms with E-state index in [2.05, 4.69) is 32.2 Å². The molecule has 1 heterocycles. The predicted molar refractivity (Wildman–Crippen MR) is 139 cm³/mol. The van der Waals surface area contributed by atoms with Crippen LogP contribution in [0.25, 0.3) is 0 Å². The minimum Gasteiger partial charge on any atom is -0.495 e. The van der Waals surface area contributed by atoms with E-state index in [-0.39, 0.29) is 0 Å². The molecule has 0 atom stereocenters. The Kier molecular flexibility index (Phi) is 8.78. The van der Waals surface area contributed by atoms with E-state index >= 15 is 0 Å². The SMILES string of the molecule is COc1ccc(Nc2nc(NC3CCCCCC3)nc(NC3CCC(SC)CC3)n2)cc1Cl. The molecule has 0 amide bonds. The molecule has 180 valence electrons. The highest BCUT2D eigenvalue weighted by Gasteiger charge is 2.22. The number of nitrogens with zero attached hydrogens (tertiary/aromatic N) is 3. The van der Waals surface area contributed by atoms with Gasteiger partial charge in [-0.2, -0.15) is 26.7 Å². The van der Waals surface area contributed by atoms with Gasteiger partial charge in [-0.15, -0.1) is 0 Å². The number of hydrogen-bond acceptors (Lipinski definition) is 8. The van der Waals surface area contributed by atoms with Crippen LogP contribution in [0.3, 0.4) is 0 Å². The van der Waals surface area contributed by atoms with Crippen LogP contribution >= 0.6 is 23.4 Å². The first-order valence-electron chi connectivity index (χ1n) is 12.1. The van der Waals surface area contributed by atoms with Crippen LogP contribution in [0.1, 0.15) is 64.2 Å². The topological polar surface area (TPSA) is 84.0 Å². The van der Waals surface area contributed by atoms with Crippen molar-refractivity contribution in [3.8, 4) is 5.75 Å². The lowest BCUT2D eigenvalue weighted by molar-refractivity contribution is 0.415. The van der Waals surface area contributed by atoms with Gasteiger partial charge < -0.3 is 20.7 Å². The Balaban J connectivity index is 1.52. The molecule has 0 bridgehead atoms. The second-order valence-electron chi connectivity index (χ2n) is 8.97. The van der Waals surface area contributed by atoms with Crippen LogP contribution in [0, 0.1) is 0 Å². The number of thioether (sulfide) groups is 1. The van der Waals surface area contributed by atoms with Crippen molar-refractivity contribution in [3.63, 3.8) is 0 Å². The van der Waals surface area contributed by atoms with Crippen molar-refractivity contribution >= 4 is 46.9 Å². The molecule has 3 N–H and O–H groups in total. The fourth-order valence-electron chi connectivity index (χ4n) is 4.67. The number of methoxy groups -OCH3 is 1. The number of benzene rings is 1. The molecule has 9 heteroatoms. The zero-order valence-corrected chi connectivity index (χ0v) is 21.1. The monoisotopic (exact) mass is 490 g/mol. The molecule has 1 aromatic heterocycles. The maximum atomic E-state index is 6.31. The second kappa shape index (κ2) is 12.0. The molecule has 2 saturated carbocycles. The third-order valence-corrected chi connectivity index (χ3v) is 8.01. The first-order chi connectivity index (χ1) is 16.1. The molecular weight excluding hydrogens is 456 g/mol. The normalized spacial score (nSPS) is 21.8. The molecule has 2 fully saturated rings. The van der Waals surface area contributed by atoms with Crippen molar-refractivity contribution in [1.29, 1.82) is 0 Å². The Labute approximate surface area is 206 Å². The summed E-state index contributed by atoms with van der Waals surface area (Å²) in [5, 5.41) is 11.8. The summed E-state index contributed by atoms with van der Waals surface area (Å²) in [5.41, 5.74) is 0.804. The number of rotatable bonds is 8. The van der Waals surface area contributed by atoms with Crippen molar-refractivity contribution in [2.24, 2.45) is 0 Å². The molecule has 0 aliphatic heterocycles. The number of nitrogens with one attached hydrogen (secondary N) is 3. The van der Waals surface area contributed by atoms with Crippen molar-refractivity contribution in [1.82, 2.24) is 15.0 Å². The van der Waals surface area contributed by atoms with E-state index in [1.807, 2.05) is 30.0 Å². The lowest BCUT2D eigenvalue weighted by atomic mass is 9.95. The molecule has 2 aliphatic rings. The molecule has 0 spiro atoms. The highest BCUT2D eigenvalue weighted by molar-refractivity contribution is 7.99. The van der Waals surface area contributed by atoms with Gasteiger partial charge in [0.2, 0.25) is 17.8 Å². The summed E-state index contributed by atoms with van der Waals surface area (Å²) < 4.78 is 5.26. The van der Waals surface area contributed by atoms with Gasteiger partial charge in [-0.1, -0.05) is 37.3 Å². The molecule has 0 saturated heterocycles. The third-order valence-electron chi connectivity index (χ3n) is 6.57. The van der Waals surface area contributed by atoms with Crippen molar-refractivity contribution in [3.05, 3.63) is 23.2 Å². The fraction of sp³-hybridized carbons (Fsp3) is 0.625. The smallest absolute Gasteiger partial charge is 0.233 e. The van der Waals surface area contributed by atoms with Crippen LogP contribution in [-0.4, -0.2) is 45.7 Å². The Morgan fingerprint density at radius 2 is 1.45 bits per heavy atom. The van der Waals surface area contributed by atoms with Crippen molar-refractivity contribution in [2.45, 2.75) is 81.5 Å². The zero-order chi connectivity index (χ0) is 23.0. The largest absolute Gasteiger partial charge is 0.495 e. The number of hydrogen-bond donors (Lipinski definition) is 3. The number of ether oxygens (including phenoxy) is 1. The first kappa shape index (κ1) is 24.2. The van der Waals surface area contributed by atoms with Crippen molar-refractivity contribution < 1.29 is 4.74 Å². The van der Waals surface area contributed by atoms with Gasteiger partial charge in [-0.3, -0.25) is 0 Å². The van der Waals surface area contributed by atoms with Crippen LogP contribution in [0.15, 0.2) is 18.2 Å². The second-order valence-corrected chi connectivity index (χ2v) is 10.5. The summed E-state index contributed by atoms with van der Waals surface area (Å²) >= 11 is 8.29. The average molecular weight is 491 g/mol. The van der Waals surface area contributed by atoms with E-state index in [1.54, 1.807) is 7.11 Å². The Morgan fingerprint density at radius 1 is 0.848 bits per heavy atom. The highest BCUT2D eigenvalue weighted by Crippen LogP contribution is 2.30. The number of halogens is 1. The van der Waals surface area contributed by atoms with Gasteiger partial charge >= 0.3 is 0 Å². The van der Waals surface area contributed by atoms with Crippen LogP contribution < -0.4 is 20.7 Å². The van der Waals surface area contributed by atoms with Gasteiger partial charge in [-0.25, -0.2) is 0 Å². The predicted octanol–water partition coefficient (Wildman–Crippen LogP) is 6.50. The Bertz CT molecular complexity index is 901. The minimum absolute atomic E-state index is 0.393. The van der Waals surface area contributed by atoms with Crippen molar-refractivity contribution in [2.75, 3.05) is 29.3 Å². The molecule has 4 rings (SSSR count). The molecule has 1 aromatic carbocycles. The van der Waals surface area contributed by atoms with Gasteiger partial charge in [0.05, 0.1) is 12.1 Å². The van der Waals surface area contributed by atoms with Crippen LogP contribution in [0.5, 0.6) is 5.75 Å². The van der Waals surface area contributed by atoms with E-state index in [0.29, 0.717) is 40.7 Å². The number of anilines is 4. The molecular formula is C24H35ClN6OS. The molecule has 33 heavy (non-hydrogen) atoms. The quantitative estimate of drug-likeness (QED) is 0.361. The number of aromatic nitrogens is 3. The van der Waals surface area contributed by atoms with E-state index in [1.165, 1.54) is 38.5 Å². The van der Waals surface area contributed by atoms with Gasteiger partial charge in [0.25, 0.3) is 0 Å². The summed E-state index contributed by atoms with van der Waals surface area (Å²) in [5.74, 6) is 2.38. The van der Waals surface area contributed by atoms with Crippen LogP contribution in [-0.2, 0) is 0 Å². The van der Waals surface area contributed by atoms with Crippen LogP contribution in [0.4, 0.5) is 23.5 Å². The average Bonchev–Trinajstić information content (AvgIpc) is 3.08. The summed E-state index contributed by atoms with van der Waals surface area (Å²) in [4.78, 5) is 14.1. The first-order valence-corrected chi connectivity index (χ1v) is 13.7. The molecule has 2 aliphatic carbocycles. The van der Waals surface area contributed by atoms with E-state index in [9.17, 15) is 0 Å². The minimum atomic E-state index is 0.393. The maximum absolute atomic E-state index is 6.31. The summed E-state index contributed by atoms with van der Waals surface area (Å²) in [6.45, 7) is 0. The lowest BCUT2D eigenvalue weighted by Crippen LogP contribution is -2.28. The molecule has 0 radical (unpaired) electrons. The summed E-state index contributed by atoms with van der Waals surface area (Å²) in [6, 6.07) is 6.36. The maximum Gasteiger partial charge on any atom is 0.233 e. The Morgan fingerprint density at radius 3 is 2.03 bits per heavy atom. The molecule has 2 aromatic rings. The summed E-state index contributed by atoms with van der Waals surface area (Å²) in [6.07, 6.45) is 14.4. The van der Waals surface area contributed by atoms with E-state index in [0.717, 1.165) is 36.6 Å². The van der Waals surface area contributed by atoms with Gasteiger partial charge in [-0.05, 0) is 63.0 Å². The standard InChI is InChI=1S/C24H35ClN6OS/c1-32-21-14-11-18(15-20(21)25)28-24-30-22(26-16-7-5-3-4-6-8-16)29-23(31-24)27-17-9-12-19(33-2)13-10-17/h11,14-17,19H,3-10,12-13H2,1-2H3,(H3,26,27,28,29,30,31). The van der Waals surface area contributed by atoms with Crippen LogP contribution in [0.2, 0.25) is 5.02 Å². The van der Waals surface area contributed by atoms with Gasteiger partial charge in [0, 0.05) is 23.0 Å².